The van der Waals surface area contributed by atoms with Crippen molar-refractivity contribution in [3.8, 4) is 0 Å². The predicted molar refractivity (Wildman–Crippen MR) is 161 cm³/mol. The zero-order valence-electron chi connectivity index (χ0n) is 24.6. The number of Topliss-reactive ketones (excluding diaryl/α,β-unsaturated/α-hetero) is 1. The van der Waals surface area contributed by atoms with Crippen LogP contribution in [-0.4, -0.2) is 52.9 Å². The molecular weight excluding hydrogens is 556 g/mol. The average molecular weight is 595 g/mol. The maximum Gasteiger partial charge on any atom is 0.251 e. The lowest BCUT2D eigenvalue weighted by atomic mass is 9.81. The molecule has 9 nitrogen and oxygen atoms in total. The van der Waals surface area contributed by atoms with Crippen molar-refractivity contribution in [1.82, 2.24) is 15.5 Å². The maximum absolute atomic E-state index is 13.5. The van der Waals surface area contributed by atoms with Gasteiger partial charge in [-0.3, -0.25) is 28.9 Å². The van der Waals surface area contributed by atoms with Gasteiger partial charge in [0.25, 0.3) is 5.91 Å². The van der Waals surface area contributed by atoms with Crippen molar-refractivity contribution >= 4 is 46.7 Å². The molecule has 10 heteroatoms. The number of hydrogen-bond acceptors (Lipinski definition) is 5. The lowest BCUT2D eigenvalue weighted by Crippen LogP contribution is -2.49. The normalized spacial score (nSPS) is 20.4. The summed E-state index contributed by atoms with van der Waals surface area (Å²) in [4.78, 5) is 66.6. The highest BCUT2D eigenvalue weighted by atomic mass is 35.5. The van der Waals surface area contributed by atoms with Crippen molar-refractivity contribution in [2.45, 2.75) is 84.5 Å². The van der Waals surface area contributed by atoms with E-state index in [4.69, 9.17) is 11.6 Å². The summed E-state index contributed by atoms with van der Waals surface area (Å²) in [5, 5.41) is 6.34. The molecule has 2 aromatic carbocycles. The number of carbonyl (C=O) groups excluding carboxylic acids is 5. The average Bonchev–Trinajstić information content (AvgIpc) is 3.52. The first kappa shape index (κ1) is 31.2. The van der Waals surface area contributed by atoms with Crippen LogP contribution in [0.4, 0.5) is 5.69 Å². The Hall–Kier alpha value is -3.72. The number of rotatable bonds is 10. The zero-order valence-corrected chi connectivity index (χ0v) is 25.4. The van der Waals surface area contributed by atoms with E-state index in [1.54, 1.807) is 41.0 Å². The molecule has 4 rings (SSSR count). The van der Waals surface area contributed by atoms with Crippen LogP contribution in [0.25, 0.3) is 0 Å². The summed E-state index contributed by atoms with van der Waals surface area (Å²) in [6.45, 7) is 6.51. The number of hydrogen-bond donors (Lipinski definition) is 2. The number of anilines is 1. The second-order valence-corrected chi connectivity index (χ2v) is 11.9. The third-order valence-corrected chi connectivity index (χ3v) is 8.77. The van der Waals surface area contributed by atoms with Gasteiger partial charge in [-0.15, -0.1) is 0 Å². The molecule has 42 heavy (non-hydrogen) atoms. The third kappa shape index (κ3) is 6.67. The summed E-state index contributed by atoms with van der Waals surface area (Å²) in [7, 11) is 0. The molecule has 2 aliphatic rings. The van der Waals surface area contributed by atoms with Crippen molar-refractivity contribution < 1.29 is 24.0 Å². The van der Waals surface area contributed by atoms with Gasteiger partial charge in [-0.2, -0.15) is 0 Å². The van der Waals surface area contributed by atoms with Crippen LogP contribution in [0.3, 0.4) is 0 Å². The summed E-state index contributed by atoms with van der Waals surface area (Å²) in [5.41, 5.74) is 1.61. The Labute approximate surface area is 252 Å². The Morgan fingerprint density at radius 3 is 2.14 bits per heavy atom. The highest BCUT2D eigenvalue weighted by Crippen LogP contribution is 2.42. The van der Waals surface area contributed by atoms with Gasteiger partial charge in [0.05, 0.1) is 11.5 Å². The van der Waals surface area contributed by atoms with Crippen molar-refractivity contribution in [3.63, 3.8) is 0 Å². The monoisotopic (exact) mass is 594 g/mol. The van der Waals surface area contributed by atoms with Crippen LogP contribution in [0, 0.1) is 5.41 Å². The molecule has 3 atom stereocenters. The Kier molecular flexibility index (Phi) is 9.71. The summed E-state index contributed by atoms with van der Waals surface area (Å²) in [6, 6.07) is 13.0. The minimum absolute atomic E-state index is 0.132. The van der Waals surface area contributed by atoms with Crippen LogP contribution in [0.5, 0.6) is 0 Å². The summed E-state index contributed by atoms with van der Waals surface area (Å²) < 4.78 is 0. The Morgan fingerprint density at radius 2 is 1.60 bits per heavy atom. The lowest BCUT2D eigenvalue weighted by Gasteiger charge is -2.31. The molecule has 1 saturated heterocycles. The van der Waals surface area contributed by atoms with E-state index in [0.717, 1.165) is 36.8 Å². The largest absolute Gasteiger partial charge is 0.356 e. The highest BCUT2D eigenvalue weighted by molar-refractivity contribution is 6.30. The summed E-state index contributed by atoms with van der Waals surface area (Å²) in [6.07, 6.45) is 3.53. The molecule has 2 aromatic rings. The number of nitrogens with zero attached hydrogens (tertiary/aromatic N) is 2. The van der Waals surface area contributed by atoms with E-state index < -0.39 is 23.7 Å². The van der Waals surface area contributed by atoms with Crippen molar-refractivity contribution in [2.24, 2.45) is 5.41 Å². The number of halogens is 1. The Bertz CT molecular complexity index is 1340. The second-order valence-electron chi connectivity index (χ2n) is 11.5. The van der Waals surface area contributed by atoms with Gasteiger partial charge in [0.15, 0.2) is 5.78 Å². The minimum atomic E-state index is -0.704. The molecule has 224 valence electrons. The predicted octanol–water partition coefficient (Wildman–Crippen LogP) is 4.33. The van der Waals surface area contributed by atoms with Crippen molar-refractivity contribution in [3.05, 3.63) is 64.7 Å². The van der Waals surface area contributed by atoms with Crippen LogP contribution in [0.2, 0.25) is 5.02 Å². The van der Waals surface area contributed by atoms with Crippen LogP contribution < -0.4 is 15.5 Å². The number of ketones is 1. The molecule has 0 bridgehead atoms. The van der Waals surface area contributed by atoms with Gasteiger partial charge in [-0.05, 0) is 74.9 Å². The number of carbonyl (C=O) groups is 5. The van der Waals surface area contributed by atoms with Crippen molar-refractivity contribution in [2.75, 3.05) is 11.4 Å². The summed E-state index contributed by atoms with van der Waals surface area (Å²) in [5.74, 6) is -0.841. The van der Waals surface area contributed by atoms with Gasteiger partial charge < -0.3 is 15.5 Å². The number of nitrogens with one attached hydrogen (secondary N) is 2. The van der Waals surface area contributed by atoms with E-state index in [2.05, 4.69) is 10.6 Å². The number of benzene rings is 2. The topological polar surface area (TPSA) is 116 Å². The molecule has 4 amide bonds. The fourth-order valence-electron chi connectivity index (χ4n) is 6.19. The molecular formula is C32H39ClN4O5. The van der Waals surface area contributed by atoms with Crippen LogP contribution in [0.15, 0.2) is 48.5 Å². The SMILES string of the molecule is CC(=O)NCCC1(C(=O)NC(Cc2ccc(N3C(=O)C(C)N(C(C)=O)C3c3ccc(Cl)cc3)cc2)C(C)=O)CCCC1. The first-order valence-corrected chi connectivity index (χ1v) is 14.8. The fourth-order valence-corrected chi connectivity index (χ4v) is 6.32. The molecule has 1 heterocycles. The van der Waals surface area contributed by atoms with E-state index in [1.165, 1.54) is 20.8 Å². The van der Waals surface area contributed by atoms with Gasteiger partial charge >= 0.3 is 0 Å². The van der Waals surface area contributed by atoms with Gasteiger partial charge in [-0.25, -0.2) is 0 Å². The van der Waals surface area contributed by atoms with Crippen LogP contribution in [-0.2, 0) is 30.4 Å². The highest BCUT2D eigenvalue weighted by Gasteiger charge is 2.46. The van der Waals surface area contributed by atoms with Gasteiger partial charge in [-0.1, -0.05) is 48.7 Å². The maximum atomic E-state index is 13.5. The molecule has 1 aliphatic heterocycles. The Balaban J connectivity index is 1.52. The second kappa shape index (κ2) is 13.1. The van der Waals surface area contributed by atoms with Gasteiger partial charge in [0.2, 0.25) is 17.7 Å². The molecule has 3 unspecified atom stereocenters. The molecule has 2 N–H and O–H groups in total. The molecule has 1 aliphatic carbocycles. The zero-order chi connectivity index (χ0) is 30.6. The quantitative estimate of drug-likeness (QED) is 0.425. The molecule has 1 saturated carbocycles. The first-order chi connectivity index (χ1) is 19.9. The van der Waals surface area contributed by atoms with E-state index in [1.807, 2.05) is 24.3 Å². The van der Waals surface area contributed by atoms with E-state index >= 15 is 0 Å². The van der Waals surface area contributed by atoms with Gasteiger partial charge in [0, 0.05) is 31.1 Å². The minimum Gasteiger partial charge on any atom is -0.356 e. The van der Waals surface area contributed by atoms with Crippen molar-refractivity contribution in [1.29, 1.82) is 0 Å². The molecule has 0 spiro atoms. The van der Waals surface area contributed by atoms with Crippen LogP contribution >= 0.6 is 11.6 Å². The van der Waals surface area contributed by atoms with Crippen LogP contribution in [0.1, 0.15) is 77.1 Å². The lowest BCUT2D eigenvalue weighted by molar-refractivity contribution is -0.134. The molecule has 2 fully saturated rings. The Morgan fingerprint density at radius 1 is 0.976 bits per heavy atom. The first-order valence-electron chi connectivity index (χ1n) is 14.5. The molecule has 0 aromatic heterocycles. The van der Waals surface area contributed by atoms with E-state index in [-0.39, 0.29) is 29.4 Å². The fraction of sp³-hybridized carbons (Fsp3) is 0.469. The summed E-state index contributed by atoms with van der Waals surface area (Å²) >= 11 is 6.09. The standard InChI is InChI=1S/C32H39ClN4O5/c1-20-30(41)37(29(36(20)23(4)40)25-9-11-26(33)12-10-25)27-13-7-24(8-14-27)19-28(21(2)38)35-31(42)32(15-5-6-16-32)17-18-34-22(3)39/h7-14,20,28-29H,5-6,15-19H2,1-4H3,(H,34,39)(H,35,42). The number of amides is 4. The van der Waals surface area contributed by atoms with E-state index in [0.29, 0.717) is 30.1 Å². The smallest absolute Gasteiger partial charge is 0.251 e. The van der Waals surface area contributed by atoms with Gasteiger partial charge in [0.1, 0.15) is 12.2 Å². The van der Waals surface area contributed by atoms with E-state index in [9.17, 15) is 24.0 Å². The molecule has 0 radical (unpaired) electrons. The third-order valence-electron chi connectivity index (χ3n) is 8.52.